The molecule has 29 heavy (non-hydrogen) atoms. The van der Waals surface area contributed by atoms with Crippen molar-refractivity contribution in [3.8, 4) is 0 Å². The Kier molecular flexibility index (Phi) is 4.28. The number of nitro benzene ring substituents is 1. The summed E-state index contributed by atoms with van der Waals surface area (Å²) >= 11 is 0. The number of hydrogen-bond donors (Lipinski definition) is 2. The van der Waals surface area contributed by atoms with Crippen molar-refractivity contribution in [2.45, 2.75) is 24.8 Å². The second-order valence-corrected chi connectivity index (χ2v) is 7.61. The molecule has 144 valence electrons. The molecule has 5 nitrogen and oxygen atoms in total. The number of H-pyrrole nitrogens is 1. The molecule has 4 aromatic rings. The van der Waals surface area contributed by atoms with Gasteiger partial charge in [0.05, 0.1) is 11.0 Å². The molecule has 0 radical (unpaired) electrons. The molecule has 0 fully saturated rings. The molecule has 0 saturated carbocycles. The fourth-order valence-electron chi connectivity index (χ4n) is 4.46. The van der Waals surface area contributed by atoms with Crippen molar-refractivity contribution < 1.29 is 4.92 Å². The Morgan fingerprint density at radius 3 is 2.41 bits per heavy atom. The average Bonchev–Trinajstić information content (AvgIpc) is 3.14. The van der Waals surface area contributed by atoms with E-state index in [-0.39, 0.29) is 16.7 Å². The molecule has 0 saturated heterocycles. The Bertz CT molecular complexity index is 1170. The summed E-state index contributed by atoms with van der Waals surface area (Å²) in [6.07, 6.45) is 1.96. The van der Waals surface area contributed by atoms with Gasteiger partial charge in [-0.1, -0.05) is 48.5 Å². The number of benzene rings is 3. The molecule has 2 atom stereocenters. The van der Waals surface area contributed by atoms with Crippen LogP contribution in [0, 0.1) is 10.1 Å². The fourth-order valence-corrected chi connectivity index (χ4v) is 4.46. The Labute approximate surface area is 168 Å². The van der Waals surface area contributed by atoms with Crippen molar-refractivity contribution in [1.82, 2.24) is 4.98 Å². The van der Waals surface area contributed by atoms with Crippen molar-refractivity contribution in [3.63, 3.8) is 0 Å². The molecule has 0 unspecified atom stereocenters. The summed E-state index contributed by atoms with van der Waals surface area (Å²) in [5, 5.41) is 15.8. The highest BCUT2D eigenvalue weighted by Crippen LogP contribution is 2.42. The number of aromatic nitrogens is 1. The number of non-ortho nitro benzene ring substituents is 1. The Morgan fingerprint density at radius 1 is 0.931 bits per heavy atom. The summed E-state index contributed by atoms with van der Waals surface area (Å²) in [7, 11) is 0. The SMILES string of the molecule is O=[N+]([O-])c1ccc(N[C@H]2C[C@H](c3ccccc3)Cc3c2[nH]c2ccccc32)cc1. The van der Waals surface area contributed by atoms with Gasteiger partial charge in [-0.15, -0.1) is 0 Å². The normalized spacial score (nSPS) is 18.3. The van der Waals surface area contributed by atoms with E-state index in [2.05, 4.69) is 64.9 Å². The highest BCUT2D eigenvalue weighted by molar-refractivity contribution is 5.85. The van der Waals surface area contributed by atoms with E-state index in [9.17, 15) is 10.1 Å². The molecule has 0 aliphatic heterocycles. The van der Waals surface area contributed by atoms with Crippen LogP contribution in [0.25, 0.3) is 10.9 Å². The molecule has 1 aliphatic carbocycles. The van der Waals surface area contributed by atoms with Gasteiger partial charge in [0.25, 0.3) is 5.69 Å². The number of rotatable bonds is 4. The van der Waals surface area contributed by atoms with Crippen molar-refractivity contribution in [1.29, 1.82) is 0 Å². The van der Waals surface area contributed by atoms with Gasteiger partial charge in [-0.25, -0.2) is 0 Å². The smallest absolute Gasteiger partial charge is 0.269 e. The summed E-state index contributed by atoms with van der Waals surface area (Å²) < 4.78 is 0. The van der Waals surface area contributed by atoms with Gasteiger partial charge >= 0.3 is 0 Å². The number of fused-ring (bicyclic) bond motifs is 3. The minimum absolute atomic E-state index is 0.104. The zero-order valence-corrected chi connectivity index (χ0v) is 15.8. The summed E-state index contributed by atoms with van der Waals surface area (Å²) in [6, 6.07) is 25.9. The van der Waals surface area contributed by atoms with Crippen molar-refractivity contribution in [3.05, 3.63) is 106 Å². The van der Waals surface area contributed by atoms with Crippen molar-refractivity contribution in [2.75, 3.05) is 5.32 Å². The number of nitrogens with one attached hydrogen (secondary N) is 2. The monoisotopic (exact) mass is 383 g/mol. The quantitative estimate of drug-likeness (QED) is 0.337. The van der Waals surface area contributed by atoms with Crippen LogP contribution in [0.15, 0.2) is 78.9 Å². The predicted molar refractivity (Wildman–Crippen MR) is 115 cm³/mol. The van der Waals surface area contributed by atoms with Crippen LogP contribution in [0.1, 0.15) is 35.2 Å². The van der Waals surface area contributed by atoms with Crippen LogP contribution in [0.5, 0.6) is 0 Å². The maximum absolute atomic E-state index is 10.9. The molecule has 1 aromatic heterocycles. The van der Waals surface area contributed by atoms with Crippen LogP contribution in [0.2, 0.25) is 0 Å². The lowest BCUT2D eigenvalue weighted by Crippen LogP contribution is -2.22. The van der Waals surface area contributed by atoms with E-state index >= 15 is 0 Å². The van der Waals surface area contributed by atoms with Crippen LogP contribution >= 0.6 is 0 Å². The minimum Gasteiger partial charge on any atom is -0.377 e. The number of nitrogens with zero attached hydrogens (tertiary/aromatic N) is 1. The van der Waals surface area contributed by atoms with E-state index in [1.165, 1.54) is 22.2 Å². The van der Waals surface area contributed by atoms with Crippen LogP contribution in [-0.4, -0.2) is 9.91 Å². The first kappa shape index (κ1) is 17.5. The third-order valence-corrected chi connectivity index (χ3v) is 5.86. The van der Waals surface area contributed by atoms with Crippen LogP contribution in [0.3, 0.4) is 0 Å². The third kappa shape index (κ3) is 3.25. The first-order valence-electron chi connectivity index (χ1n) is 9.84. The van der Waals surface area contributed by atoms with Gasteiger partial charge in [-0.2, -0.15) is 0 Å². The van der Waals surface area contributed by atoms with E-state index < -0.39 is 0 Å². The predicted octanol–water partition coefficient (Wildman–Crippen LogP) is 5.96. The van der Waals surface area contributed by atoms with Gasteiger partial charge in [-0.05, 0) is 48.1 Å². The molecule has 5 rings (SSSR count). The van der Waals surface area contributed by atoms with Gasteiger partial charge < -0.3 is 10.3 Å². The lowest BCUT2D eigenvalue weighted by Gasteiger charge is -2.31. The molecular formula is C24H21N3O2. The highest BCUT2D eigenvalue weighted by atomic mass is 16.6. The van der Waals surface area contributed by atoms with Crippen LogP contribution < -0.4 is 5.32 Å². The van der Waals surface area contributed by atoms with E-state index in [1.807, 2.05) is 0 Å². The molecule has 5 heteroatoms. The third-order valence-electron chi connectivity index (χ3n) is 5.86. The average molecular weight is 383 g/mol. The Balaban J connectivity index is 1.53. The standard InChI is InChI=1S/C24H21N3O2/c28-27(29)19-12-10-18(11-13-19)25-23-15-17(16-6-2-1-3-7-16)14-21-20-8-4-5-9-22(20)26-24(21)23/h1-13,17,23,25-26H,14-15H2/t17-,23+/m1/s1. The molecule has 3 aromatic carbocycles. The van der Waals surface area contributed by atoms with E-state index in [4.69, 9.17) is 0 Å². The zero-order valence-electron chi connectivity index (χ0n) is 15.8. The summed E-state index contributed by atoms with van der Waals surface area (Å²) in [5.74, 6) is 0.415. The number of aromatic amines is 1. The van der Waals surface area contributed by atoms with E-state index in [1.54, 1.807) is 24.3 Å². The van der Waals surface area contributed by atoms with Crippen molar-refractivity contribution in [2.24, 2.45) is 0 Å². The van der Waals surface area contributed by atoms with Gasteiger partial charge in [0.1, 0.15) is 0 Å². The second-order valence-electron chi connectivity index (χ2n) is 7.61. The molecule has 1 heterocycles. The molecule has 0 bridgehead atoms. The first-order valence-corrected chi connectivity index (χ1v) is 9.84. The lowest BCUT2D eigenvalue weighted by atomic mass is 9.79. The van der Waals surface area contributed by atoms with Gasteiger partial charge in [-0.3, -0.25) is 10.1 Å². The summed E-state index contributed by atoms with van der Waals surface area (Å²) in [6.45, 7) is 0. The topological polar surface area (TPSA) is 71.0 Å². The number of anilines is 1. The number of para-hydroxylation sites is 1. The maximum Gasteiger partial charge on any atom is 0.269 e. The minimum atomic E-state index is -0.369. The fraction of sp³-hybridized carbons (Fsp3) is 0.167. The lowest BCUT2D eigenvalue weighted by molar-refractivity contribution is -0.384. The van der Waals surface area contributed by atoms with Gasteiger partial charge in [0.15, 0.2) is 0 Å². The van der Waals surface area contributed by atoms with Crippen LogP contribution in [0.4, 0.5) is 11.4 Å². The molecule has 1 aliphatic rings. The number of hydrogen-bond acceptors (Lipinski definition) is 3. The first-order chi connectivity index (χ1) is 14.2. The highest BCUT2D eigenvalue weighted by Gasteiger charge is 2.31. The van der Waals surface area contributed by atoms with Crippen LogP contribution in [-0.2, 0) is 6.42 Å². The van der Waals surface area contributed by atoms with E-state index in [0.29, 0.717) is 5.92 Å². The second kappa shape index (κ2) is 7.09. The van der Waals surface area contributed by atoms with E-state index in [0.717, 1.165) is 24.0 Å². The summed E-state index contributed by atoms with van der Waals surface area (Å²) in [4.78, 5) is 14.2. The Hall–Kier alpha value is -3.60. The maximum atomic E-state index is 10.9. The number of nitro groups is 1. The zero-order chi connectivity index (χ0) is 19.8. The molecular weight excluding hydrogens is 362 g/mol. The molecule has 2 N–H and O–H groups in total. The van der Waals surface area contributed by atoms with Gasteiger partial charge in [0, 0.05) is 34.4 Å². The molecule has 0 spiro atoms. The Morgan fingerprint density at radius 2 is 1.66 bits per heavy atom. The largest absolute Gasteiger partial charge is 0.377 e. The van der Waals surface area contributed by atoms with Crippen molar-refractivity contribution >= 4 is 22.3 Å². The molecule has 0 amide bonds. The van der Waals surface area contributed by atoms with Gasteiger partial charge in [0.2, 0.25) is 0 Å². The summed E-state index contributed by atoms with van der Waals surface area (Å²) in [5.41, 5.74) is 6.07.